The van der Waals surface area contributed by atoms with Gasteiger partial charge in [0, 0.05) is 38.2 Å². The molecular weight excluding hydrogens is 362 g/mol. The standard InChI is InChI=1S/C20H21N3O5/c1-22(11-18(24)25)19-16(27-3)7-12(8-17(19)28-4)15-10-23(2)20(26)14-9-21-6-5-13(14)15/h5-10H,11H2,1-4H3,(H,24,25). The van der Waals surface area contributed by atoms with Gasteiger partial charge in [0.15, 0.2) is 0 Å². The maximum atomic E-state index is 12.4. The van der Waals surface area contributed by atoms with E-state index < -0.39 is 5.97 Å². The monoisotopic (exact) mass is 383 g/mol. The molecule has 0 fully saturated rings. The highest BCUT2D eigenvalue weighted by Gasteiger charge is 2.20. The number of aromatic nitrogens is 2. The first-order chi connectivity index (χ1) is 13.4. The van der Waals surface area contributed by atoms with Crippen molar-refractivity contribution in [3.8, 4) is 22.6 Å². The van der Waals surface area contributed by atoms with Crippen molar-refractivity contribution in [2.45, 2.75) is 0 Å². The number of nitrogens with zero attached hydrogens (tertiary/aromatic N) is 3. The summed E-state index contributed by atoms with van der Waals surface area (Å²) >= 11 is 0. The third kappa shape index (κ3) is 3.36. The van der Waals surface area contributed by atoms with Gasteiger partial charge in [0.1, 0.15) is 23.7 Å². The molecule has 2 aromatic heterocycles. The van der Waals surface area contributed by atoms with Crippen LogP contribution < -0.4 is 19.9 Å². The minimum absolute atomic E-state index is 0.136. The summed E-state index contributed by atoms with van der Waals surface area (Å²) in [4.78, 5) is 29.1. The number of carboxylic acids is 1. The average molecular weight is 383 g/mol. The first-order valence-corrected chi connectivity index (χ1v) is 8.50. The normalized spacial score (nSPS) is 10.7. The summed E-state index contributed by atoms with van der Waals surface area (Å²) in [6.45, 7) is -0.208. The predicted octanol–water partition coefficient (Wildman–Crippen LogP) is 2.14. The van der Waals surface area contributed by atoms with Crippen LogP contribution >= 0.6 is 0 Å². The van der Waals surface area contributed by atoms with Crippen molar-refractivity contribution in [3.05, 3.63) is 47.1 Å². The Morgan fingerprint density at radius 1 is 1.21 bits per heavy atom. The average Bonchev–Trinajstić information content (AvgIpc) is 2.69. The van der Waals surface area contributed by atoms with Crippen LogP contribution in [0, 0.1) is 0 Å². The lowest BCUT2D eigenvalue weighted by atomic mass is 10.0. The zero-order valence-electron chi connectivity index (χ0n) is 16.1. The second kappa shape index (κ2) is 7.59. The smallest absolute Gasteiger partial charge is 0.323 e. The molecule has 3 aromatic rings. The van der Waals surface area contributed by atoms with Gasteiger partial charge in [-0.3, -0.25) is 14.6 Å². The molecule has 0 aliphatic rings. The first kappa shape index (κ1) is 19.2. The van der Waals surface area contributed by atoms with Gasteiger partial charge < -0.3 is 24.0 Å². The van der Waals surface area contributed by atoms with E-state index in [1.165, 1.54) is 18.8 Å². The Morgan fingerprint density at radius 2 is 1.86 bits per heavy atom. The molecule has 0 radical (unpaired) electrons. The number of aryl methyl sites for hydroxylation is 1. The van der Waals surface area contributed by atoms with Gasteiger partial charge in [0.25, 0.3) is 5.56 Å². The molecule has 0 bridgehead atoms. The molecule has 8 nitrogen and oxygen atoms in total. The number of fused-ring (bicyclic) bond motifs is 1. The molecule has 1 aromatic carbocycles. The van der Waals surface area contributed by atoms with Crippen molar-refractivity contribution in [2.24, 2.45) is 7.05 Å². The Bertz CT molecular complexity index is 1080. The number of hydrogen-bond donors (Lipinski definition) is 1. The number of methoxy groups -OCH3 is 2. The van der Waals surface area contributed by atoms with E-state index in [0.29, 0.717) is 22.6 Å². The maximum Gasteiger partial charge on any atom is 0.323 e. The summed E-state index contributed by atoms with van der Waals surface area (Å²) in [5.41, 5.74) is 1.98. The summed E-state index contributed by atoms with van der Waals surface area (Å²) in [7, 11) is 6.36. The Balaban J connectivity index is 2.28. The fraction of sp³-hybridized carbons (Fsp3) is 0.250. The van der Waals surface area contributed by atoms with E-state index in [2.05, 4.69) is 4.98 Å². The minimum atomic E-state index is -0.966. The second-order valence-corrected chi connectivity index (χ2v) is 6.36. The molecule has 0 unspecified atom stereocenters. The lowest BCUT2D eigenvalue weighted by molar-refractivity contribution is -0.135. The number of aliphatic carboxylic acids is 1. The Kier molecular flexibility index (Phi) is 5.21. The van der Waals surface area contributed by atoms with Crippen molar-refractivity contribution >= 4 is 22.4 Å². The van der Waals surface area contributed by atoms with E-state index in [9.17, 15) is 9.59 Å². The van der Waals surface area contributed by atoms with Gasteiger partial charge in [0.2, 0.25) is 0 Å². The molecule has 1 N–H and O–H groups in total. The number of ether oxygens (including phenoxy) is 2. The largest absolute Gasteiger partial charge is 0.494 e. The highest BCUT2D eigenvalue weighted by molar-refractivity contribution is 5.96. The number of pyridine rings is 2. The molecule has 0 amide bonds. The summed E-state index contributed by atoms with van der Waals surface area (Å²) < 4.78 is 12.5. The molecular formula is C20H21N3O5. The topological polar surface area (TPSA) is 93.9 Å². The van der Waals surface area contributed by atoms with Gasteiger partial charge in [0.05, 0.1) is 19.6 Å². The molecule has 3 rings (SSSR count). The van der Waals surface area contributed by atoms with Crippen molar-refractivity contribution < 1.29 is 19.4 Å². The number of benzene rings is 1. The van der Waals surface area contributed by atoms with Crippen LogP contribution in [0.3, 0.4) is 0 Å². The number of carbonyl (C=O) groups is 1. The van der Waals surface area contributed by atoms with Gasteiger partial charge in [-0.15, -0.1) is 0 Å². The molecule has 28 heavy (non-hydrogen) atoms. The van der Waals surface area contributed by atoms with Crippen LogP contribution in [0.4, 0.5) is 5.69 Å². The van der Waals surface area contributed by atoms with Crippen molar-refractivity contribution in [2.75, 3.05) is 32.7 Å². The van der Waals surface area contributed by atoms with Gasteiger partial charge >= 0.3 is 5.97 Å². The number of anilines is 1. The number of likely N-dealkylation sites (N-methyl/N-ethyl adjacent to an activating group) is 1. The highest BCUT2D eigenvalue weighted by atomic mass is 16.5. The molecule has 2 heterocycles. The Morgan fingerprint density at radius 3 is 2.43 bits per heavy atom. The van der Waals surface area contributed by atoms with E-state index in [-0.39, 0.29) is 12.1 Å². The molecule has 146 valence electrons. The third-order valence-corrected chi connectivity index (χ3v) is 4.53. The van der Waals surface area contributed by atoms with Crippen LogP contribution in [0.5, 0.6) is 11.5 Å². The van der Waals surface area contributed by atoms with E-state index in [0.717, 1.165) is 16.5 Å². The molecule has 0 saturated carbocycles. The lowest BCUT2D eigenvalue weighted by Gasteiger charge is -2.23. The van der Waals surface area contributed by atoms with E-state index in [1.807, 2.05) is 0 Å². The second-order valence-electron chi connectivity index (χ2n) is 6.36. The van der Waals surface area contributed by atoms with Gasteiger partial charge in [-0.2, -0.15) is 0 Å². The molecule has 0 atom stereocenters. The highest BCUT2D eigenvalue weighted by Crippen LogP contribution is 2.42. The predicted molar refractivity (Wildman–Crippen MR) is 106 cm³/mol. The van der Waals surface area contributed by atoms with Gasteiger partial charge in [-0.1, -0.05) is 0 Å². The SMILES string of the molecule is COc1cc(-c2cn(C)c(=O)c3cnccc23)cc(OC)c1N(C)CC(=O)O. The fourth-order valence-corrected chi connectivity index (χ4v) is 3.25. The van der Waals surface area contributed by atoms with Gasteiger partial charge in [-0.05, 0) is 29.1 Å². The number of hydrogen-bond acceptors (Lipinski definition) is 6. The Hall–Kier alpha value is -3.55. The van der Waals surface area contributed by atoms with E-state index in [4.69, 9.17) is 14.6 Å². The summed E-state index contributed by atoms with van der Waals surface area (Å²) in [6.07, 6.45) is 4.93. The molecule has 0 aliphatic carbocycles. The van der Waals surface area contributed by atoms with Crippen molar-refractivity contribution in [1.29, 1.82) is 0 Å². The van der Waals surface area contributed by atoms with E-state index >= 15 is 0 Å². The maximum absolute atomic E-state index is 12.4. The number of carboxylic acid groups (broad SMARTS) is 1. The molecule has 0 aliphatic heterocycles. The van der Waals surface area contributed by atoms with Crippen molar-refractivity contribution in [3.63, 3.8) is 0 Å². The Labute approximate surface area is 161 Å². The van der Waals surface area contributed by atoms with Gasteiger partial charge in [-0.25, -0.2) is 0 Å². The summed E-state index contributed by atoms with van der Waals surface area (Å²) in [5, 5.41) is 10.4. The lowest BCUT2D eigenvalue weighted by Crippen LogP contribution is -2.26. The van der Waals surface area contributed by atoms with Crippen LogP contribution in [0.1, 0.15) is 0 Å². The van der Waals surface area contributed by atoms with Crippen LogP contribution in [-0.4, -0.2) is 48.4 Å². The first-order valence-electron chi connectivity index (χ1n) is 8.50. The number of rotatable bonds is 6. The summed E-state index contributed by atoms with van der Waals surface area (Å²) in [6, 6.07) is 5.39. The zero-order chi connectivity index (χ0) is 20.4. The molecule has 8 heteroatoms. The fourth-order valence-electron chi connectivity index (χ4n) is 3.25. The van der Waals surface area contributed by atoms with Crippen LogP contribution in [-0.2, 0) is 11.8 Å². The summed E-state index contributed by atoms with van der Waals surface area (Å²) in [5.74, 6) is -0.0319. The third-order valence-electron chi connectivity index (χ3n) is 4.53. The minimum Gasteiger partial charge on any atom is -0.494 e. The molecule has 0 saturated heterocycles. The van der Waals surface area contributed by atoms with Crippen LogP contribution in [0.25, 0.3) is 21.9 Å². The molecule has 0 spiro atoms. The van der Waals surface area contributed by atoms with Crippen LogP contribution in [0.15, 0.2) is 41.6 Å². The van der Waals surface area contributed by atoms with Crippen molar-refractivity contribution in [1.82, 2.24) is 9.55 Å². The zero-order valence-corrected chi connectivity index (χ0v) is 16.1. The quantitative estimate of drug-likeness (QED) is 0.697. The van der Waals surface area contributed by atoms with Crippen LogP contribution in [0.2, 0.25) is 0 Å². The van der Waals surface area contributed by atoms with E-state index in [1.54, 1.807) is 55.8 Å².